The van der Waals surface area contributed by atoms with E-state index in [1.165, 1.54) is 25.7 Å². The lowest BCUT2D eigenvalue weighted by Gasteiger charge is -2.32. The van der Waals surface area contributed by atoms with Gasteiger partial charge in [0.1, 0.15) is 0 Å². The fourth-order valence-corrected chi connectivity index (χ4v) is 3.06. The van der Waals surface area contributed by atoms with E-state index in [1.54, 1.807) is 0 Å². The molecule has 16 heavy (non-hydrogen) atoms. The van der Waals surface area contributed by atoms with Crippen molar-refractivity contribution in [2.45, 2.75) is 51.2 Å². The van der Waals surface area contributed by atoms with Crippen molar-refractivity contribution >= 4 is 0 Å². The molecule has 3 heteroatoms. The third-order valence-electron chi connectivity index (χ3n) is 3.87. The summed E-state index contributed by atoms with van der Waals surface area (Å²) in [6, 6.07) is 0. The third kappa shape index (κ3) is 3.72. The molecule has 1 heterocycles. The SMILES string of the molecule is CC1CN(CC(O)CC2CCCC2)CCO1. The van der Waals surface area contributed by atoms with Gasteiger partial charge < -0.3 is 9.84 Å². The molecule has 1 N–H and O–H groups in total. The quantitative estimate of drug-likeness (QED) is 0.792. The maximum Gasteiger partial charge on any atom is 0.0674 e. The van der Waals surface area contributed by atoms with Crippen molar-refractivity contribution in [3.63, 3.8) is 0 Å². The van der Waals surface area contributed by atoms with Crippen LogP contribution in [0.4, 0.5) is 0 Å². The first-order valence-electron chi connectivity index (χ1n) is 6.76. The van der Waals surface area contributed by atoms with Crippen LogP contribution in [-0.2, 0) is 4.74 Å². The summed E-state index contributed by atoms with van der Waals surface area (Å²) in [6.07, 6.45) is 6.59. The zero-order valence-corrected chi connectivity index (χ0v) is 10.4. The summed E-state index contributed by atoms with van der Waals surface area (Å²) in [5, 5.41) is 10.1. The van der Waals surface area contributed by atoms with Crippen LogP contribution >= 0.6 is 0 Å². The lowest BCUT2D eigenvalue weighted by Crippen LogP contribution is -2.44. The van der Waals surface area contributed by atoms with E-state index in [0.29, 0.717) is 6.10 Å². The van der Waals surface area contributed by atoms with Crippen LogP contribution in [-0.4, -0.2) is 48.5 Å². The Bertz CT molecular complexity index is 204. The Kier molecular flexibility index (Phi) is 4.62. The van der Waals surface area contributed by atoms with Crippen molar-refractivity contribution in [1.29, 1.82) is 0 Å². The smallest absolute Gasteiger partial charge is 0.0674 e. The Morgan fingerprint density at radius 1 is 1.38 bits per heavy atom. The predicted molar refractivity (Wildman–Crippen MR) is 64.4 cm³/mol. The van der Waals surface area contributed by atoms with Gasteiger partial charge in [-0.3, -0.25) is 4.90 Å². The number of nitrogens with zero attached hydrogens (tertiary/aromatic N) is 1. The molecular formula is C13H25NO2. The lowest BCUT2D eigenvalue weighted by atomic mass is 10.00. The molecule has 3 nitrogen and oxygen atoms in total. The van der Waals surface area contributed by atoms with Gasteiger partial charge >= 0.3 is 0 Å². The summed E-state index contributed by atoms with van der Waals surface area (Å²) in [7, 11) is 0. The van der Waals surface area contributed by atoms with Gasteiger partial charge in [0.2, 0.25) is 0 Å². The predicted octanol–water partition coefficient (Wildman–Crippen LogP) is 1.65. The first-order valence-corrected chi connectivity index (χ1v) is 6.76. The number of rotatable bonds is 4. The van der Waals surface area contributed by atoms with Gasteiger partial charge in [-0.1, -0.05) is 25.7 Å². The first kappa shape index (κ1) is 12.3. The van der Waals surface area contributed by atoms with E-state index >= 15 is 0 Å². The highest BCUT2D eigenvalue weighted by atomic mass is 16.5. The Balaban J connectivity index is 1.67. The molecule has 0 aromatic carbocycles. The molecule has 0 radical (unpaired) electrons. The average molecular weight is 227 g/mol. The van der Waals surface area contributed by atoms with Crippen molar-refractivity contribution in [3.8, 4) is 0 Å². The van der Waals surface area contributed by atoms with Gasteiger partial charge in [-0.25, -0.2) is 0 Å². The Morgan fingerprint density at radius 3 is 2.81 bits per heavy atom. The normalized spacial score (nSPS) is 30.8. The molecule has 1 saturated heterocycles. The molecule has 2 unspecified atom stereocenters. The van der Waals surface area contributed by atoms with E-state index in [-0.39, 0.29) is 6.10 Å². The highest BCUT2D eigenvalue weighted by Gasteiger charge is 2.22. The molecule has 2 aliphatic rings. The van der Waals surface area contributed by atoms with Gasteiger partial charge in [-0.15, -0.1) is 0 Å². The molecule has 2 rings (SSSR count). The number of ether oxygens (including phenoxy) is 1. The molecular weight excluding hydrogens is 202 g/mol. The van der Waals surface area contributed by atoms with Gasteiger partial charge in [0.15, 0.2) is 0 Å². The summed E-state index contributed by atoms with van der Waals surface area (Å²) in [4.78, 5) is 2.34. The molecule has 0 amide bonds. The Morgan fingerprint density at radius 2 is 2.12 bits per heavy atom. The third-order valence-corrected chi connectivity index (χ3v) is 3.87. The second-order valence-corrected chi connectivity index (χ2v) is 5.48. The maximum absolute atomic E-state index is 10.1. The molecule has 0 aromatic heterocycles. The van der Waals surface area contributed by atoms with Crippen molar-refractivity contribution < 1.29 is 9.84 Å². The second-order valence-electron chi connectivity index (χ2n) is 5.48. The number of morpholine rings is 1. The molecule has 94 valence electrons. The van der Waals surface area contributed by atoms with E-state index in [1.807, 2.05) is 0 Å². The van der Waals surface area contributed by atoms with Crippen molar-refractivity contribution in [2.75, 3.05) is 26.2 Å². The Hall–Kier alpha value is -0.120. The summed E-state index contributed by atoms with van der Waals surface area (Å²) in [5.74, 6) is 0.786. The monoisotopic (exact) mass is 227 g/mol. The van der Waals surface area contributed by atoms with Gasteiger partial charge in [-0.05, 0) is 19.3 Å². The van der Waals surface area contributed by atoms with Crippen LogP contribution in [0.2, 0.25) is 0 Å². The van der Waals surface area contributed by atoms with E-state index in [2.05, 4.69) is 11.8 Å². The van der Waals surface area contributed by atoms with Crippen LogP contribution in [0.5, 0.6) is 0 Å². The topological polar surface area (TPSA) is 32.7 Å². The van der Waals surface area contributed by atoms with E-state index in [9.17, 15) is 5.11 Å². The summed E-state index contributed by atoms with van der Waals surface area (Å²) in [5.41, 5.74) is 0. The largest absolute Gasteiger partial charge is 0.392 e. The number of aliphatic hydroxyl groups excluding tert-OH is 1. The molecule has 1 aliphatic heterocycles. The minimum Gasteiger partial charge on any atom is -0.392 e. The van der Waals surface area contributed by atoms with Crippen LogP contribution in [0.25, 0.3) is 0 Å². The molecule has 0 bridgehead atoms. The minimum absolute atomic E-state index is 0.131. The number of β-amino-alcohol motifs (C(OH)–C–C–N with tert-alkyl or cyclic N) is 1. The highest BCUT2D eigenvalue weighted by molar-refractivity contribution is 4.75. The van der Waals surface area contributed by atoms with Crippen molar-refractivity contribution in [2.24, 2.45) is 5.92 Å². The zero-order chi connectivity index (χ0) is 11.4. The van der Waals surface area contributed by atoms with Gasteiger partial charge in [0.25, 0.3) is 0 Å². The molecule has 2 atom stereocenters. The fourth-order valence-electron chi connectivity index (χ4n) is 3.06. The van der Waals surface area contributed by atoms with E-state index < -0.39 is 0 Å². The second kappa shape index (κ2) is 5.99. The summed E-state index contributed by atoms with van der Waals surface area (Å²) in [6.45, 7) is 5.71. The Labute approximate surface area is 98.8 Å². The standard InChI is InChI=1S/C13H25NO2/c1-11-9-14(6-7-16-11)10-13(15)8-12-4-2-3-5-12/h11-13,15H,2-10H2,1H3. The fraction of sp³-hybridized carbons (Fsp3) is 1.00. The molecule has 0 aromatic rings. The summed E-state index contributed by atoms with van der Waals surface area (Å²) < 4.78 is 5.50. The lowest BCUT2D eigenvalue weighted by molar-refractivity contribution is -0.0337. The molecule has 0 spiro atoms. The van der Waals surface area contributed by atoms with Crippen molar-refractivity contribution in [1.82, 2.24) is 4.90 Å². The van der Waals surface area contributed by atoms with Gasteiger partial charge in [-0.2, -0.15) is 0 Å². The minimum atomic E-state index is -0.131. The van der Waals surface area contributed by atoms with Crippen LogP contribution in [0.15, 0.2) is 0 Å². The van der Waals surface area contributed by atoms with E-state index in [0.717, 1.165) is 38.6 Å². The highest BCUT2D eigenvalue weighted by Crippen LogP contribution is 2.28. The number of aliphatic hydroxyl groups is 1. The van der Waals surface area contributed by atoms with Gasteiger partial charge in [0.05, 0.1) is 18.8 Å². The van der Waals surface area contributed by atoms with E-state index in [4.69, 9.17) is 4.74 Å². The molecule has 1 aliphatic carbocycles. The summed E-state index contributed by atoms with van der Waals surface area (Å²) >= 11 is 0. The van der Waals surface area contributed by atoms with Crippen molar-refractivity contribution in [3.05, 3.63) is 0 Å². The molecule has 1 saturated carbocycles. The average Bonchev–Trinajstić information content (AvgIpc) is 2.70. The number of hydrogen-bond donors (Lipinski definition) is 1. The van der Waals surface area contributed by atoms with Crippen LogP contribution < -0.4 is 0 Å². The zero-order valence-electron chi connectivity index (χ0n) is 10.4. The first-order chi connectivity index (χ1) is 7.74. The number of hydrogen-bond acceptors (Lipinski definition) is 3. The van der Waals surface area contributed by atoms with Crippen LogP contribution in [0, 0.1) is 5.92 Å². The van der Waals surface area contributed by atoms with Crippen LogP contribution in [0.1, 0.15) is 39.0 Å². The van der Waals surface area contributed by atoms with Gasteiger partial charge in [0, 0.05) is 19.6 Å². The van der Waals surface area contributed by atoms with Crippen LogP contribution in [0.3, 0.4) is 0 Å². The maximum atomic E-state index is 10.1. The molecule has 2 fully saturated rings.